The third kappa shape index (κ3) is 5.19. The maximum atomic E-state index is 11.5. The molecule has 0 bridgehead atoms. The molecule has 1 amide bonds. The molecule has 0 atom stereocenters. The van der Waals surface area contributed by atoms with Crippen molar-refractivity contribution in [2.24, 2.45) is 4.99 Å². The Morgan fingerprint density at radius 1 is 1.04 bits per heavy atom. The molecule has 0 aromatic heterocycles. The Hall–Kier alpha value is -0.220. The van der Waals surface area contributed by atoms with Gasteiger partial charge in [0.1, 0.15) is 0 Å². The second kappa shape index (κ2) is 10.4. The van der Waals surface area contributed by atoms with E-state index in [1.165, 1.54) is 50.3 Å². The molecule has 2 aliphatic heterocycles. The van der Waals surface area contributed by atoms with Gasteiger partial charge in [-0.15, -0.1) is 24.0 Å². The molecule has 26 heavy (non-hydrogen) atoms. The van der Waals surface area contributed by atoms with Gasteiger partial charge in [0.2, 0.25) is 5.91 Å². The maximum Gasteiger partial charge on any atom is 0.219 e. The van der Waals surface area contributed by atoms with Crippen LogP contribution in [-0.2, 0) is 4.79 Å². The van der Waals surface area contributed by atoms with E-state index in [4.69, 9.17) is 0 Å². The highest BCUT2D eigenvalue weighted by Crippen LogP contribution is 2.36. The van der Waals surface area contributed by atoms with Gasteiger partial charge in [-0.05, 0) is 12.8 Å². The van der Waals surface area contributed by atoms with Crippen molar-refractivity contribution >= 4 is 47.6 Å². The zero-order valence-electron chi connectivity index (χ0n) is 16.2. The van der Waals surface area contributed by atoms with Crippen LogP contribution in [0.2, 0.25) is 0 Å². The van der Waals surface area contributed by atoms with E-state index >= 15 is 0 Å². The van der Waals surface area contributed by atoms with Crippen molar-refractivity contribution in [1.29, 1.82) is 0 Å². The molecule has 2 saturated heterocycles. The Labute approximate surface area is 179 Å². The number of nitrogens with zero attached hydrogens (tertiary/aromatic N) is 4. The summed E-state index contributed by atoms with van der Waals surface area (Å²) in [4.78, 5) is 23.0. The van der Waals surface area contributed by atoms with Crippen LogP contribution in [0.25, 0.3) is 0 Å². The molecule has 1 saturated carbocycles. The van der Waals surface area contributed by atoms with Gasteiger partial charge in [-0.2, -0.15) is 11.8 Å². The van der Waals surface area contributed by atoms with Crippen LogP contribution in [0.15, 0.2) is 4.99 Å². The largest absolute Gasteiger partial charge is 0.354 e. The van der Waals surface area contributed by atoms with Gasteiger partial charge in [0.05, 0.1) is 0 Å². The Bertz CT molecular complexity index is 484. The fourth-order valence-electron chi connectivity index (χ4n) is 4.48. The van der Waals surface area contributed by atoms with Crippen LogP contribution in [0.3, 0.4) is 0 Å². The zero-order valence-corrected chi connectivity index (χ0v) is 19.4. The van der Waals surface area contributed by atoms with Crippen LogP contribution < -0.4 is 5.32 Å². The number of amides is 1. The average Bonchev–Trinajstić information content (AvgIpc) is 3.13. The van der Waals surface area contributed by atoms with Crippen LogP contribution in [0.4, 0.5) is 0 Å². The number of hydrogen-bond acceptors (Lipinski definition) is 4. The third-order valence-electron chi connectivity index (χ3n) is 6.03. The van der Waals surface area contributed by atoms with Gasteiger partial charge in [0, 0.05) is 76.8 Å². The molecule has 0 unspecified atom stereocenters. The fraction of sp³-hybridized carbons (Fsp3) is 0.889. The summed E-state index contributed by atoms with van der Waals surface area (Å²) in [5.41, 5.74) is 0.318. The number of rotatable bonds is 3. The molecule has 6 nitrogen and oxygen atoms in total. The number of aliphatic imine (C=N–C) groups is 1. The van der Waals surface area contributed by atoms with Gasteiger partial charge in [-0.25, -0.2) is 0 Å². The maximum absolute atomic E-state index is 11.5. The Morgan fingerprint density at radius 2 is 1.62 bits per heavy atom. The lowest BCUT2D eigenvalue weighted by Crippen LogP contribution is -2.59. The minimum atomic E-state index is 0. The molecule has 3 fully saturated rings. The minimum absolute atomic E-state index is 0. The lowest BCUT2D eigenvalue weighted by molar-refractivity contribution is -0.130. The molecule has 0 aromatic carbocycles. The number of piperazine rings is 1. The van der Waals surface area contributed by atoms with Crippen LogP contribution in [0, 0.1) is 0 Å². The van der Waals surface area contributed by atoms with E-state index in [0.717, 1.165) is 38.7 Å². The molecule has 1 aliphatic carbocycles. The van der Waals surface area contributed by atoms with Crippen LogP contribution in [0.5, 0.6) is 0 Å². The van der Waals surface area contributed by atoms with Crippen LogP contribution in [0.1, 0.15) is 32.6 Å². The predicted octanol–water partition coefficient (Wildman–Crippen LogP) is 1.71. The van der Waals surface area contributed by atoms with E-state index in [1.807, 2.05) is 11.9 Å². The molecular weight excluding hydrogens is 461 g/mol. The predicted molar refractivity (Wildman–Crippen MR) is 121 cm³/mol. The smallest absolute Gasteiger partial charge is 0.219 e. The quantitative estimate of drug-likeness (QED) is 0.367. The first-order valence-electron chi connectivity index (χ1n) is 9.68. The number of hydrogen-bond donors (Lipinski definition) is 1. The van der Waals surface area contributed by atoms with Crippen molar-refractivity contribution in [3.8, 4) is 0 Å². The lowest BCUT2D eigenvalue weighted by Gasteiger charge is -2.44. The molecule has 3 rings (SSSR count). The monoisotopic (exact) mass is 495 g/mol. The normalized spacial score (nSPS) is 24.3. The number of nitrogens with one attached hydrogen (secondary N) is 1. The van der Waals surface area contributed by atoms with Crippen molar-refractivity contribution < 1.29 is 4.79 Å². The Kier molecular flexibility index (Phi) is 8.79. The summed E-state index contributed by atoms with van der Waals surface area (Å²) in [5, 5.41) is 3.69. The number of thioether (sulfide) groups is 1. The third-order valence-corrected chi connectivity index (χ3v) is 6.97. The van der Waals surface area contributed by atoms with E-state index in [2.05, 4.69) is 31.9 Å². The van der Waals surface area contributed by atoms with E-state index in [-0.39, 0.29) is 29.9 Å². The van der Waals surface area contributed by atoms with Gasteiger partial charge in [-0.1, -0.05) is 12.8 Å². The zero-order chi connectivity index (χ0) is 17.7. The highest BCUT2D eigenvalue weighted by molar-refractivity contribution is 14.0. The molecular formula is C18H34IN5OS. The molecule has 3 aliphatic rings. The van der Waals surface area contributed by atoms with Gasteiger partial charge in [-0.3, -0.25) is 14.7 Å². The van der Waals surface area contributed by atoms with Gasteiger partial charge < -0.3 is 15.1 Å². The summed E-state index contributed by atoms with van der Waals surface area (Å²) < 4.78 is 0. The molecule has 0 radical (unpaired) electrons. The van der Waals surface area contributed by atoms with Gasteiger partial charge >= 0.3 is 0 Å². The first-order chi connectivity index (χ1) is 12.1. The number of carbonyl (C=O) groups is 1. The van der Waals surface area contributed by atoms with Crippen molar-refractivity contribution in [3.05, 3.63) is 0 Å². The van der Waals surface area contributed by atoms with Gasteiger partial charge in [0.25, 0.3) is 0 Å². The molecule has 150 valence electrons. The average molecular weight is 495 g/mol. The van der Waals surface area contributed by atoms with Gasteiger partial charge in [0.15, 0.2) is 5.96 Å². The summed E-state index contributed by atoms with van der Waals surface area (Å²) in [7, 11) is 1.87. The van der Waals surface area contributed by atoms with Crippen molar-refractivity contribution in [2.45, 2.75) is 38.1 Å². The van der Waals surface area contributed by atoms with Crippen LogP contribution >= 0.6 is 35.7 Å². The first-order valence-corrected chi connectivity index (χ1v) is 10.8. The number of guanidine groups is 1. The topological polar surface area (TPSA) is 51.2 Å². The van der Waals surface area contributed by atoms with Crippen LogP contribution in [-0.4, -0.2) is 96.5 Å². The van der Waals surface area contributed by atoms with E-state index in [1.54, 1.807) is 6.92 Å². The summed E-state index contributed by atoms with van der Waals surface area (Å²) in [5.74, 6) is 3.71. The van der Waals surface area contributed by atoms with Crippen molar-refractivity contribution in [1.82, 2.24) is 20.0 Å². The standard InChI is InChI=1S/C18H33N5OS.HI/c1-16(24)21-7-9-22(10-8-21)17(19-2)20-15-18(5-3-4-6-18)23-11-13-25-14-12-23;/h3-15H2,1-2H3,(H,19,20);1H. The summed E-state index contributed by atoms with van der Waals surface area (Å²) in [6.45, 7) is 8.43. The lowest BCUT2D eigenvalue weighted by atomic mass is 9.94. The molecule has 0 aromatic rings. The van der Waals surface area contributed by atoms with E-state index in [9.17, 15) is 4.79 Å². The summed E-state index contributed by atoms with van der Waals surface area (Å²) >= 11 is 2.08. The highest BCUT2D eigenvalue weighted by atomic mass is 127. The molecule has 0 spiro atoms. The second-order valence-corrected chi connectivity index (χ2v) is 8.65. The Balaban J connectivity index is 0.00000243. The van der Waals surface area contributed by atoms with E-state index < -0.39 is 0 Å². The van der Waals surface area contributed by atoms with Crippen molar-refractivity contribution in [3.63, 3.8) is 0 Å². The number of carbonyl (C=O) groups excluding carboxylic acids is 1. The second-order valence-electron chi connectivity index (χ2n) is 7.42. The number of halogens is 1. The fourth-order valence-corrected chi connectivity index (χ4v) is 5.39. The summed E-state index contributed by atoms with van der Waals surface area (Å²) in [6.07, 6.45) is 5.31. The highest BCUT2D eigenvalue weighted by Gasteiger charge is 2.40. The first kappa shape index (κ1) is 22.1. The SMILES string of the molecule is CN=C(NCC1(N2CCSCC2)CCCC1)N1CCN(C(C)=O)CC1.I. The molecule has 1 N–H and O–H groups in total. The Morgan fingerprint density at radius 3 is 2.15 bits per heavy atom. The van der Waals surface area contributed by atoms with E-state index in [0.29, 0.717) is 5.54 Å². The minimum Gasteiger partial charge on any atom is -0.354 e. The van der Waals surface area contributed by atoms with Crippen molar-refractivity contribution in [2.75, 3.05) is 64.4 Å². The molecule has 2 heterocycles. The summed E-state index contributed by atoms with van der Waals surface area (Å²) in [6, 6.07) is 0. The molecule has 8 heteroatoms.